The topological polar surface area (TPSA) is 72.5 Å². The van der Waals surface area contributed by atoms with Crippen LogP contribution in [0.3, 0.4) is 0 Å². The second-order valence-corrected chi connectivity index (χ2v) is 3.23. The van der Waals surface area contributed by atoms with E-state index in [1.165, 1.54) is 0 Å². The summed E-state index contributed by atoms with van der Waals surface area (Å²) in [5.74, 6) is -3.36. The van der Waals surface area contributed by atoms with Crippen molar-refractivity contribution in [3.63, 3.8) is 0 Å². The summed E-state index contributed by atoms with van der Waals surface area (Å²) < 4.78 is 30.1. The molecule has 0 saturated carbocycles. The van der Waals surface area contributed by atoms with Gasteiger partial charge in [0.05, 0.1) is 7.11 Å². The average Bonchev–Trinajstić information content (AvgIpc) is 2.23. The number of methoxy groups -OCH3 is 1. The summed E-state index contributed by atoms with van der Waals surface area (Å²) in [7, 11) is 1.15. The summed E-state index contributed by atoms with van der Waals surface area (Å²) in [4.78, 5) is 11.0. The first-order chi connectivity index (χ1) is 7.45. The molecule has 88 valence electrons. The fraction of sp³-hybridized carbons (Fsp3) is 0.300. The number of carbonyl (C=O) groups is 1. The molecule has 0 aliphatic carbocycles. The summed E-state index contributed by atoms with van der Waals surface area (Å²) in [5, 5.41) is 9.28. The highest BCUT2D eigenvalue weighted by Crippen LogP contribution is 2.23. The highest BCUT2D eigenvalue weighted by molar-refractivity contribution is 5.75. The van der Waals surface area contributed by atoms with Crippen LogP contribution < -0.4 is 5.73 Å². The van der Waals surface area contributed by atoms with Crippen molar-refractivity contribution in [2.75, 3.05) is 7.11 Å². The fourth-order valence-electron chi connectivity index (χ4n) is 1.25. The van der Waals surface area contributed by atoms with Gasteiger partial charge >= 0.3 is 5.97 Å². The molecule has 6 heteroatoms. The van der Waals surface area contributed by atoms with Gasteiger partial charge < -0.3 is 15.6 Å². The zero-order valence-corrected chi connectivity index (χ0v) is 8.54. The molecule has 0 spiro atoms. The van der Waals surface area contributed by atoms with E-state index in [0.29, 0.717) is 6.07 Å². The lowest BCUT2D eigenvalue weighted by atomic mass is 10.1. The van der Waals surface area contributed by atoms with Crippen LogP contribution in [0.15, 0.2) is 12.1 Å². The van der Waals surface area contributed by atoms with Gasteiger partial charge in [-0.05, 0) is 6.07 Å². The Morgan fingerprint density at radius 2 is 2.19 bits per heavy atom. The molecule has 0 fully saturated rings. The fourth-order valence-corrected chi connectivity index (χ4v) is 1.25. The highest BCUT2D eigenvalue weighted by Gasteiger charge is 2.18. The number of phenols is 1. The van der Waals surface area contributed by atoms with Gasteiger partial charge in [-0.15, -0.1) is 0 Å². The molecule has 0 aliphatic rings. The van der Waals surface area contributed by atoms with Gasteiger partial charge in [0.15, 0.2) is 11.6 Å². The molecule has 4 nitrogen and oxygen atoms in total. The van der Waals surface area contributed by atoms with E-state index in [0.717, 1.165) is 13.2 Å². The van der Waals surface area contributed by atoms with E-state index >= 15 is 0 Å². The van der Waals surface area contributed by atoms with E-state index in [-0.39, 0.29) is 12.0 Å². The number of hydrogen-bond acceptors (Lipinski definition) is 4. The Kier molecular flexibility index (Phi) is 3.78. The van der Waals surface area contributed by atoms with Crippen LogP contribution in [0.25, 0.3) is 0 Å². The molecule has 0 amide bonds. The maximum absolute atomic E-state index is 12.9. The molecule has 3 N–H and O–H groups in total. The predicted octanol–water partition coefficient (Wildman–Crippen LogP) is 0.713. The van der Waals surface area contributed by atoms with Crippen molar-refractivity contribution < 1.29 is 23.4 Å². The second-order valence-electron chi connectivity index (χ2n) is 3.23. The molecule has 0 radical (unpaired) electrons. The molecule has 1 aromatic carbocycles. The third-order valence-electron chi connectivity index (χ3n) is 2.05. The smallest absolute Gasteiger partial charge is 0.322 e. The van der Waals surface area contributed by atoms with E-state index in [1.54, 1.807) is 0 Å². The first-order valence-corrected chi connectivity index (χ1v) is 4.46. The molecule has 0 heterocycles. The van der Waals surface area contributed by atoms with Crippen LogP contribution in [-0.4, -0.2) is 24.2 Å². The molecule has 16 heavy (non-hydrogen) atoms. The van der Waals surface area contributed by atoms with E-state index in [9.17, 15) is 18.7 Å². The van der Waals surface area contributed by atoms with Crippen molar-refractivity contribution >= 4 is 5.97 Å². The number of carbonyl (C=O) groups excluding carboxylic acids is 1. The number of ether oxygens (including phenoxy) is 1. The Labute approximate surface area is 90.6 Å². The average molecular weight is 231 g/mol. The number of hydrogen-bond donors (Lipinski definition) is 2. The van der Waals surface area contributed by atoms with Crippen LogP contribution in [0.1, 0.15) is 5.56 Å². The molecule has 1 rings (SSSR count). The van der Waals surface area contributed by atoms with E-state index in [4.69, 9.17) is 5.73 Å². The van der Waals surface area contributed by atoms with Gasteiger partial charge in [-0.1, -0.05) is 0 Å². The Morgan fingerprint density at radius 1 is 1.56 bits per heavy atom. The van der Waals surface area contributed by atoms with E-state index in [1.807, 2.05) is 0 Å². The summed E-state index contributed by atoms with van der Waals surface area (Å²) >= 11 is 0. The molecular formula is C10H11F2NO3. The van der Waals surface area contributed by atoms with Crippen LogP contribution in [0.4, 0.5) is 8.78 Å². The van der Waals surface area contributed by atoms with Gasteiger partial charge in [-0.3, -0.25) is 4.79 Å². The molecule has 0 bridgehead atoms. The third kappa shape index (κ3) is 2.66. The number of nitrogens with two attached hydrogens (primary N) is 1. The lowest BCUT2D eigenvalue weighted by Gasteiger charge is -2.10. The number of aromatic hydroxyl groups is 1. The number of phenolic OH excluding ortho intramolecular Hbond substituents is 1. The van der Waals surface area contributed by atoms with Crippen LogP contribution in [0, 0.1) is 11.6 Å². The Bertz CT molecular complexity index is 409. The van der Waals surface area contributed by atoms with Gasteiger partial charge in [0.25, 0.3) is 0 Å². The lowest BCUT2D eigenvalue weighted by molar-refractivity contribution is -0.142. The highest BCUT2D eigenvalue weighted by atomic mass is 19.1. The minimum Gasteiger partial charge on any atom is -0.505 e. The monoisotopic (exact) mass is 231 g/mol. The van der Waals surface area contributed by atoms with Gasteiger partial charge in [-0.25, -0.2) is 8.78 Å². The minimum atomic E-state index is -1.09. The molecule has 0 aliphatic heterocycles. The largest absolute Gasteiger partial charge is 0.505 e. The van der Waals surface area contributed by atoms with Crippen molar-refractivity contribution in [3.05, 3.63) is 29.3 Å². The number of halogens is 2. The Morgan fingerprint density at radius 3 is 2.75 bits per heavy atom. The molecule has 1 aromatic rings. The molecule has 0 saturated heterocycles. The first-order valence-electron chi connectivity index (χ1n) is 4.46. The molecule has 1 atom stereocenters. The van der Waals surface area contributed by atoms with Gasteiger partial charge in [0.2, 0.25) is 0 Å². The van der Waals surface area contributed by atoms with Crippen LogP contribution >= 0.6 is 0 Å². The Hall–Kier alpha value is -1.69. The maximum Gasteiger partial charge on any atom is 0.322 e. The van der Waals surface area contributed by atoms with Crippen LogP contribution in [0.5, 0.6) is 5.75 Å². The minimum absolute atomic E-state index is 0.0737. The van der Waals surface area contributed by atoms with Crippen LogP contribution in [0.2, 0.25) is 0 Å². The molecule has 0 unspecified atom stereocenters. The van der Waals surface area contributed by atoms with E-state index in [2.05, 4.69) is 4.74 Å². The summed E-state index contributed by atoms with van der Waals surface area (Å²) in [6.45, 7) is 0. The molecular weight excluding hydrogens is 220 g/mol. The van der Waals surface area contributed by atoms with Crippen molar-refractivity contribution in [2.45, 2.75) is 12.5 Å². The maximum atomic E-state index is 12.9. The van der Waals surface area contributed by atoms with Gasteiger partial charge in [0.1, 0.15) is 11.9 Å². The van der Waals surface area contributed by atoms with E-state index < -0.39 is 29.4 Å². The SMILES string of the molecule is COC(=O)[C@@H](N)Cc1cc(F)cc(F)c1O. The van der Waals surface area contributed by atoms with Crippen molar-refractivity contribution in [1.29, 1.82) is 0 Å². The number of esters is 1. The lowest BCUT2D eigenvalue weighted by Crippen LogP contribution is -2.33. The normalized spacial score (nSPS) is 12.2. The van der Waals surface area contributed by atoms with Gasteiger partial charge in [0, 0.05) is 18.1 Å². The number of benzene rings is 1. The first kappa shape index (κ1) is 12.4. The molecule has 0 aromatic heterocycles. The van der Waals surface area contributed by atoms with Crippen molar-refractivity contribution in [3.8, 4) is 5.75 Å². The quantitative estimate of drug-likeness (QED) is 0.751. The van der Waals surface area contributed by atoms with Crippen molar-refractivity contribution in [1.82, 2.24) is 0 Å². The van der Waals surface area contributed by atoms with Gasteiger partial charge in [-0.2, -0.15) is 0 Å². The standard InChI is InChI=1S/C10H11F2NO3/c1-16-10(15)8(13)3-5-2-6(11)4-7(12)9(5)14/h2,4,8,14H,3,13H2,1H3/t8-/m0/s1. The van der Waals surface area contributed by atoms with Crippen LogP contribution in [-0.2, 0) is 16.0 Å². The zero-order valence-electron chi connectivity index (χ0n) is 8.54. The summed E-state index contributed by atoms with van der Waals surface area (Å²) in [6, 6.07) is 0.390. The predicted molar refractivity (Wildman–Crippen MR) is 51.7 cm³/mol. The second kappa shape index (κ2) is 4.89. The summed E-state index contributed by atoms with van der Waals surface area (Å²) in [6.07, 6.45) is -0.201. The zero-order chi connectivity index (χ0) is 12.3. The summed E-state index contributed by atoms with van der Waals surface area (Å²) in [5.41, 5.74) is 5.32. The van der Waals surface area contributed by atoms with Crippen molar-refractivity contribution in [2.24, 2.45) is 5.73 Å². The Balaban J connectivity index is 2.93. The third-order valence-corrected chi connectivity index (χ3v) is 2.05. The number of rotatable bonds is 3.